The lowest BCUT2D eigenvalue weighted by Crippen LogP contribution is -2.41. The first-order chi connectivity index (χ1) is 12.4. The zero-order valence-electron chi connectivity index (χ0n) is 14.3. The van der Waals surface area contributed by atoms with E-state index < -0.39 is 16.1 Å². The van der Waals surface area contributed by atoms with Gasteiger partial charge in [0.25, 0.3) is 10.0 Å². The SMILES string of the molecule is Cc1ccc(S(=O)(=O)NC(=O)NCCC(=O)NCCc2cnc[nH]2)cc1. The van der Waals surface area contributed by atoms with Crippen molar-refractivity contribution < 1.29 is 18.0 Å². The summed E-state index contributed by atoms with van der Waals surface area (Å²) >= 11 is 0. The fourth-order valence-electron chi connectivity index (χ4n) is 2.07. The van der Waals surface area contributed by atoms with Gasteiger partial charge in [-0.15, -0.1) is 0 Å². The van der Waals surface area contributed by atoms with E-state index in [-0.39, 0.29) is 23.8 Å². The van der Waals surface area contributed by atoms with Gasteiger partial charge >= 0.3 is 6.03 Å². The summed E-state index contributed by atoms with van der Waals surface area (Å²) in [5.74, 6) is -0.244. The van der Waals surface area contributed by atoms with Gasteiger partial charge in [-0.05, 0) is 19.1 Å². The molecule has 0 fully saturated rings. The second-order valence-electron chi connectivity index (χ2n) is 5.60. The number of benzene rings is 1. The minimum Gasteiger partial charge on any atom is -0.356 e. The number of carbonyl (C=O) groups is 2. The number of imidazole rings is 1. The second-order valence-corrected chi connectivity index (χ2v) is 7.28. The van der Waals surface area contributed by atoms with Crippen molar-refractivity contribution >= 4 is 22.0 Å². The molecule has 10 heteroatoms. The summed E-state index contributed by atoms with van der Waals surface area (Å²) in [4.78, 5) is 30.2. The van der Waals surface area contributed by atoms with Crippen molar-refractivity contribution in [3.63, 3.8) is 0 Å². The van der Waals surface area contributed by atoms with E-state index in [1.54, 1.807) is 24.7 Å². The van der Waals surface area contributed by atoms with E-state index in [1.165, 1.54) is 12.1 Å². The highest BCUT2D eigenvalue weighted by molar-refractivity contribution is 7.90. The molecular weight excluding hydrogens is 358 g/mol. The molecule has 140 valence electrons. The zero-order valence-corrected chi connectivity index (χ0v) is 15.1. The number of nitrogens with one attached hydrogen (secondary N) is 4. The van der Waals surface area contributed by atoms with Crippen LogP contribution in [-0.4, -0.2) is 43.4 Å². The second kappa shape index (κ2) is 8.99. The lowest BCUT2D eigenvalue weighted by atomic mass is 10.2. The van der Waals surface area contributed by atoms with Gasteiger partial charge in [0.1, 0.15) is 0 Å². The van der Waals surface area contributed by atoms with Crippen LogP contribution in [0.4, 0.5) is 4.79 Å². The number of aromatic amines is 1. The van der Waals surface area contributed by atoms with Gasteiger partial charge in [0, 0.05) is 37.8 Å². The van der Waals surface area contributed by atoms with Gasteiger partial charge in [0.2, 0.25) is 5.91 Å². The average Bonchev–Trinajstić information content (AvgIpc) is 3.08. The molecule has 0 aliphatic rings. The molecule has 0 saturated heterocycles. The normalized spacial score (nSPS) is 11.0. The summed E-state index contributed by atoms with van der Waals surface area (Å²) < 4.78 is 26.0. The van der Waals surface area contributed by atoms with Crippen molar-refractivity contribution in [1.82, 2.24) is 25.3 Å². The number of aromatic nitrogens is 2. The Morgan fingerprint density at radius 3 is 2.50 bits per heavy atom. The number of rotatable bonds is 8. The van der Waals surface area contributed by atoms with Crippen molar-refractivity contribution in [1.29, 1.82) is 0 Å². The Labute approximate surface area is 151 Å². The predicted molar refractivity (Wildman–Crippen MR) is 94.8 cm³/mol. The standard InChI is InChI=1S/C16H21N5O4S/c1-12-2-4-14(5-3-12)26(24,25)21-16(23)19-9-7-15(22)18-8-6-13-10-17-11-20-13/h2-5,10-11H,6-9H2,1H3,(H,17,20)(H,18,22)(H2,19,21,23). The molecule has 0 atom stereocenters. The maximum absolute atomic E-state index is 12.0. The number of aryl methyl sites for hydroxylation is 1. The Hall–Kier alpha value is -2.88. The number of urea groups is 1. The van der Waals surface area contributed by atoms with Gasteiger partial charge in [-0.2, -0.15) is 0 Å². The van der Waals surface area contributed by atoms with E-state index >= 15 is 0 Å². The number of hydrogen-bond acceptors (Lipinski definition) is 5. The van der Waals surface area contributed by atoms with Crippen LogP contribution in [0.2, 0.25) is 0 Å². The molecule has 3 amide bonds. The molecule has 0 radical (unpaired) electrons. The van der Waals surface area contributed by atoms with Gasteiger partial charge in [-0.1, -0.05) is 17.7 Å². The number of amides is 3. The molecule has 4 N–H and O–H groups in total. The van der Waals surface area contributed by atoms with Crippen LogP contribution in [0.1, 0.15) is 17.7 Å². The molecule has 1 aromatic heterocycles. The molecule has 0 unspecified atom stereocenters. The van der Waals surface area contributed by atoms with Crippen LogP contribution in [0.5, 0.6) is 0 Å². The van der Waals surface area contributed by atoms with Crippen molar-refractivity contribution in [3.8, 4) is 0 Å². The zero-order chi connectivity index (χ0) is 19.0. The first-order valence-corrected chi connectivity index (χ1v) is 9.46. The van der Waals surface area contributed by atoms with Gasteiger partial charge in [0.05, 0.1) is 11.2 Å². The van der Waals surface area contributed by atoms with E-state index in [4.69, 9.17) is 0 Å². The van der Waals surface area contributed by atoms with Crippen molar-refractivity contribution in [2.75, 3.05) is 13.1 Å². The highest BCUT2D eigenvalue weighted by atomic mass is 32.2. The monoisotopic (exact) mass is 379 g/mol. The molecule has 2 rings (SSSR count). The van der Waals surface area contributed by atoms with Crippen molar-refractivity contribution in [2.24, 2.45) is 0 Å². The topological polar surface area (TPSA) is 133 Å². The van der Waals surface area contributed by atoms with Crippen LogP contribution in [0.25, 0.3) is 0 Å². The Balaban J connectivity index is 1.67. The average molecular weight is 379 g/mol. The van der Waals surface area contributed by atoms with E-state index in [2.05, 4.69) is 20.6 Å². The third-order valence-corrected chi connectivity index (χ3v) is 4.81. The smallest absolute Gasteiger partial charge is 0.328 e. The lowest BCUT2D eigenvalue weighted by molar-refractivity contribution is -0.120. The largest absolute Gasteiger partial charge is 0.356 e. The number of H-pyrrole nitrogens is 1. The lowest BCUT2D eigenvalue weighted by Gasteiger charge is -2.09. The molecule has 0 bridgehead atoms. The van der Waals surface area contributed by atoms with Crippen LogP contribution in [0.3, 0.4) is 0 Å². The number of carbonyl (C=O) groups excluding carboxylic acids is 2. The molecule has 2 aromatic rings. The number of sulfonamides is 1. The van der Waals surface area contributed by atoms with Crippen LogP contribution in [-0.2, 0) is 21.2 Å². The fourth-order valence-corrected chi connectivity index (χ4v) is 3.00. The van der Waals surface area contributed by atoms with E-state index in [0.29, 0.717) is 13.0 Å². The molecule has 9 nitrogen and oxygen atoms in total. The summed E-state index contributed by atoms with van der Waals surface area (Å²) in [6.45, 7) is 2.29. The van der Waals surface area contributed by atoms with Crippen LogP contribution in [0.15, 0.2) is 41.7 Å². The quantitative estimate of drug-likeness (QED) is 0.529. The Morgan fingerprint density at radius 1 is 1.12 bits per heavy atom. The highest BCUT2D eigenvalue weighted by Crippen LogP contribution is 2.09. The minimum atomic E-state index is -3.94. The molecule has 0 saturated carbocycles. The Morgan fingerprint density at radius 2 is 1.85 bits per heavy atom. The van der Waals surface area contributed by atoms with Gasteiger partial charge in [0.15, 0.2) is 0 Å². The van der Waals surface area contributed by atoms with E-state index in [0.717, 1.165) is 11.3 Å². The number of hydrogen-bond donors (Lipinski definition) is 4. The first kappa shape index (κ1) is 19.4. The third-order valence-electron chi connectivity index (χ3n) is 3.47. The minimum absolute atomic E-state index is 0.00482. The van der Waals surface area contributed by atoms with Crippen LogP contribution < -0.4 is 15.4 Å². The van der Waals surface area contributed by atoms with Crippen LogP contribution in [0, 0.1) is 6.92 Å². The van der Waals surface area contributed by atoms with E-state index in [9.17, 15) is 18.0 Å². The number of nitrogens with zero attached hydrogens (tertiary/aromatic N) is 1. The Bertz CT molecular complexity index is 832. The molecular formula is C16H21N5O4S. The summed E-state index contributed by atoms with van der Waals surface area (Å²) in [6.07, 6.45) is 3.90. The first-order valence-electron chi connectivity index (χ1n) is 7.98. The van der Waals surface area contributed by atoms with Gasteiger partial charge in [-0.3, -0.25) is 4.79 Å². The molecule has 1 aromatic carbocycles. The maximum Gasteiger partial charge on any atom is 0.328 e. The molecule has 0 aliphatic heterocycles. The summed E-state index contributed by atoms with van der Waals surface area (Å²) in [7, 11) is -3.94. The fraction of sp³-hybridized carbons (Fsp3) is 0.312. The molecule has 26 heavy (non-hydrogen) atoms. The van der Waals surface area contributed by atoms with E-state index in [1.807, 2.05) is 11.6 Å². The summed E-state index contributed by atoms with van der Waals surface area (Å²) in [5, 5.41) is 5.05. The predicted octanol–water partition coefficient (Wildman–Crippen LogP) is 0.455. The van der Waals surface area contributed by atoms with Gasteiger partial charge in [-0.25, -0.2) is 22.9 Å². The third kappa shape index (κ3) is 6.20. The Kier molecular flexibility index (Phi) is 6.73. The molecule has 0 aliphatic carbocycles. The molecule has 1 heterocycles. The highest BCUT2D eigenvalue weighted by Gasteiger charge is 2.17. The summed E-state index contributed by atoms with van der Waals surface area (Å²) in [5.41, 5.74) is 1.82. The maximum atomic E-state index is 12.0. The molecule has 0 spiro atoms. The summed E-state index contributed by atoms with van der Waals surface area (Å²) in [6, 6.07) is 5.23. The van der Waals surface area contributed by atoms with Crippen LogP contribution >= 0.6 is 0 Å². The van der Waals surface area contributed by atoms with Gasteiger partial charge < -0.3 is 15.6 Å². The van der Waals surface area contributed by atoms with Crippen molar-refractivity contribution in [3.05, 3.63) is 48.0 Å². The van der Waals surface area contributed by atoms with Crippen molar-refractivity contribution in [2.45, 2.75) is 24.7 Å².